The zero-order valence-electron chi connectivity index (χ0n) is 16.7. The van der Waals surface area contributed by atoms with Crippen LogP contribution in [0.2, 0.25) is 0 Å². The Balaban J connectivity index is 1.42. The van der Waals surface area contributed by atoms with E-state index in [9.17, 15) is 9.59 Å². The second-order valence-electron chi connectivity index (χ2n) is 7.90. The van der Waals surface area contributed by atoms with Crippen LogP contribution in [-0.4, -0.2) is 38.6 Å². The van der Waals surface area contributed by atoms with Crippen molar-refractivity contribution in [1.82, 2.24) is 20.0 Å². The lowest BCUT2D eigenvalue weighted by molar-refractivity contribution is 0.0918. The van der Waals surface area contributed by atoms with Gasteiger partial charge in [0.15, 0.2) is 0 Å². The van der Waals surface area contributed by atoms with Gasteiger partial charge in [0.2, 0.25) is 0 Å². The molecule has 8 heteroatoms. The minimum atomic E-state index is -1.01. The van der Waals surface area contributed by atoms with Gasteiger partial charge in [-0.1, -0.05) is 36.4 Å². The molecule has 31 heavy (non-hydrogen) atoms. The molecule has 4 aromatic rings. The van der Waals surface area contributed by atoms with Crippen molar-refractivity contribution in [2.45, 2.75) is 37.8 Å². The maximum absolute atomic E-state index is 13.3. The normalized spacial score (nSPS) is 18.8. The third-order valence-corrected chi connectivity index (χ3v) is 5.89. The summed E-state index contributed by atoms with van der Waals surface area (Å²) in [4.78, 5) is 28.7. The molecule has 0 atom stereocenters. The number of carboxylic acid groups (broad SMARTS) is 1. The van der Waals surface area contributed by atoms with Crippen molar-refractivity contribution < 1.29 is 19.1 Å². The fourth-order valence-electron chi connectivity index (χ4n) is 4.35. The number of benzene rings is 2. The number of rotatable bonds is 4. The molecule has 158 valence electrons. The summed E-state index contributed by atoms with van der Waals surface area (Å²) in [5.74, 6) is 0.148. The number of imidazole rings is 1. The van der Waals surface area contributed by atoms with Gasteiger partial charge in [-0.05, 0) is 42.5 Å². The highest BCUT2D eigenvalue weighted by atomic mass is 16.4. The van der Waals surface area contributed by atoms with Crippen LogP contribution in [0.5, 0.6) is 0 Å². The highest BCUT2D eigenvalue weighted by molar-refractivity contribution is 6.00. The fourth-order valence-corrected chi connectivity index (χ4v) is 4.35. The summed E-state index contributed by atoms with van der Waals surface area (Å²) >= 11 is 0. The molecule has 5 rings (SSSR count). The molecule has 2 aromatic carbocycles. The number of hydrogen-bond donors (Lipinski definition) is 3. The Morgan fingerprint density at radius 2 is 1.71 bits per heavy atom. The number of carbonyl (C=O) groups excluding carboxylic acids is 1. The van der Waals surface area contributed by atoms with E-state index in [1.807, 2.05) is 42.5 Å². The van der Waals surface area contributed by atoms with Crippen molar-refractivity contribution in [3.8, 4) is 11.3 Å². The van der Waals surface area contributed by atoms with Gasteiger partial charge in [-0.25, -0.2) is 4.79 Å². The zero-order valence-corrected chi connectivity index (χ0v) is 16.7. The van der Waals surface area contributed by atoms with E-state index < -0.39 is 6.09 Å². The molecule has 1 fully saturated rings. The molecule has 0 spiro atoms. The van der Waals surface area contributed by atoms with Crippen LogP contribution in [-0.2, 0) is 0 Å². The Labute approximate surface area is 177 Å². The number of aromatic nitrogens is 2. The van der Waals surface area contributed by atoms with Gasteiger partial charge in [0.25, 0.3) is 5.91 Å². The van der Waals surface area contributed by atoms with E-state index in [0.29, 0.717) is 30.1 Å². The minimum Gasteiger partial charge on any atom is -0.465 e. The van der Waals surface area contributed by atoms with E-state index in [4.69, 9.17) is 9.52 Å². The molecular formula is C23H22N4O4. The summed E-state index contributed by atoms with van der Waals surface area (Å²) in [7, 11) is 0. The van der Waals surface area contributed by atoms with Crippen LogP contribution in [0.1, 0.15) is 36.2 Å². The standard InChI is InChI=1S/C23H22N4O4/c28-21(24-17-7-9-18(10-8-17)25-23(29)30)20-19(26-22-27(20)11-12-31-22)16-6-5-14-3-1-2-4-15(14)13-16/h1-6,11-13,17-18,25H,7-10H2,(H,24,28)(H,29,30). The third-order valence-electron chi connectivity index (χ3n) is 5.89. The number of hydrogen-bond acceptors (Lipinski definition) is 4. The number of carbonyl (C=O) groups is 2. The van der Waals surface area contributed by atoms with Crippen molar-refractivity contribution in [3.63, 3.8) is 0 Å². The van der Waals surface area contributed by atoms with E-state index in [-0.39, 0.29) is 18.0 Å². The van der Waals surface area contributed by atoms with Crippen LogP contribution in [0.15, 0.2) is 59.3 Å². The van der Waals surface area contributed by atoms with E-state index in [2.05, 4.69) is 15.6 Å². The second kappa shape index (κ2) is 7.79. The van der Waals surface area contributed by atoms with Crippen LogP contribution in [0.25, 0.3) is 27.9 Å². The number of nitrogens with one attached hydrogen (secondary N) is 2. The van der Waals surface area contributed by atoms with Crippen LogP contribution in [0, 0.1) is 0 Å². The van der Waals surface area contributed by atoms with Gasteiger partial charge in [0, 0.05) is 23.8 Å². The molecule has 2 heterocycles. The first kappa shape index (κ1) is 19.2. The maximum atomic E-state index is 13.3. The lowest BCUT2D eigenvalue weighted by Crippen LogP contribution is -2.43. The van der Waals surface area contributed by atoms with E-state index >= 15 is 0 Å². The molecule has 1 saturated carbocycles. The lowest BCUT2D eigenvalue weighted by Gasteiger charge is -2.28. The predicted molar refractivity (Wildman–Crippen MR) is 115 cm³/mol. The Morgan fingerprint density at radius 3 is 2.45 bits per heavy atom. The molecular weight excluding hydrogens is 396 g/mol. The Hall–Kier alpha value is -3.81. The number of oxazole rings is 1. The predicted octanol–water partition coefficient (Wildman–Crippen LogP) is 4.06. The third kappa shape index (κ3) is 3.72. The van der Waals surface area contributed by atoms with Crippen molar-refractivity contribution in [1.29, 1.82) is 0 Å². The smallest absolute Gasteiger partial charge is 0.404 e. The average Bonchev–Trinajstić information content (AvgIpc) is 3.35. The van der Waals surface area contributed by atoms with Gasteiger partial charge in [0.1, 0.15) is 17.7 Å². The first-order valence-corrected chi connectivity index (χ1v) is 10.3. The van der Waals surface area contributed by atoms with Crippen LogP contribution in [0.4, 0.5) is 4.79 Å². The summed E-state index contributed by atoms with van der Waals surface area (Å²) in [5.41, 5.74) is 1.85. The van der Waals surface area contributed by atoms with E-state index in [0.717, 1.165) is 29.2 Å². The molecule has 0 aliphatic heterocycles. The Bertz CT molecular complexity index is 1270. The quantitative estimate of drug-likeness (QED) is 0.463. The van der Waals surface area contributed by atoms with E-state index in [1.54, 1.807) is 10.6 Å². The van der Waals surface area contributed by atoms with Crippen molar-refractivity contribution in [2.75, 3.05) is 0 Å². The first-order chi connectivity index (χ1) is 15.1. The van der Waals surface area contributed by atoms with Crippen molar-refractivity contribution >= 4 is 28.6 Å². The highest BCUT2D eigenvalue weighted by Crippen LogP contribution is 2.29. The summed E-state index contributed by atoms with van der Waals surface area (Å²) in [6, 6.07) is 14.0. The fraction of sp³-hybridized carbons (Fsp3) is 0.261. The molecule has 1 aliphatic rings. The summed E-state index contributed by atoms with van der Waals surface area (Å²) in [6.07, 6.45) is 5.02. The van der Waals surface area contributed by atoms with Gasteiger partial charge >= 0.3 is 11.9 Å². The Morgan fingerprint density at radius 1 is 1.00 bits per heavy atom. The average molecular weight is 418 g/mol. The summed E-state index contributed by atoms with van der Waals surface area (Å²) in [6.45, 7) is 0. The summed E-state index contributed by atoms with van der Waals surface area (Å²) in [5, 5.41) is 16.7. The SMILES string of the molecule is O=C(O)NC1CCC(NC(=O)c2c(-c3ccc4ccccc4c3)nc3occn23)CC1. The molecule has 1 aliphatic carbocycles. The van der Waals surface area contributed by atoms with Gasteiger partial charge in [-0.15, -0.1) is 0 Å². The monoisotopic (exact) mass is 418 g/mol. The molecule has 3 N–H and O–H groups in total. The molecule has 2 amide bonds. The summed E-state index contributed by atoms with van der Waals surface area (Å²) < 4.78 is 7.11. The second-order valence-corrected chi connectivity index (χ2v) is 7.90. The van der Waals surface area contributed by atoms with Crippen molar-refractivity contribution in [2.24, 2.45) is 0 Å². The minimum absolute atomic E-state index is 0.0127. The number of fused-ring (bicyclic) bond motifs is 2. The zero-order chi connectivity index (χ0) is 21.4. The first-order valence-electron chi connectivity index (χ1n) is 10.3. The molecule has 8 nitrogen and oxygen atoms in total. The van der Waals surface area contributed by atoms with Crippen LogP contribution >= 0.6 is 0 Å². The number of nitrogens with zero attached hydrogens (tertiary/aromatic N) is 2. The molecule has 0 unspecified atom stereocenters. The van der Waals surface area contributed by atoms with Crippen LogP contribution < -0.4 is 10.6 Å². The van der Waals surface area contributed by atoms with Gasteiger partial charge in [0.05, 0.1) is 0 Å². The van der Waals surface area contributed by atoms with Crippen molar-refractivity contribution in [3.05, 3.63) is 60.6 Å². The van der Waals surface area contributed by atoms with E-state index in [1.165, 1.54) is 6.26 Å². The molecule has 0 radical (unpaired) electrons. The molecule has 0 saturated heterocycles. The topological polar surface area (TPSA) is 109 Å². The van der Waals surface area contributed by atoms with Crippen LogP contribution in [0.3, 0.4) is 0 Å². The Kier molecular flexibility index (Phi) is 4.82. The number of amides is 2. The lowest BCUT2D eigenvalue weighted by atomic mass is 9.91. The van der Waals surface area contributed by atoms with Gasteiger partial charge in [-0.2, -0.15) is 4.98 Å². The largest absolute Gasteiger partial charge is 0.465 e. The maximum Gasteiger partial charge on any atom is 0.404 e. The van der Waals surface area contributed by atoms with Gasteiger partial charge < -0.3 is 20.2 Å². The molecule has 2 aromatic heterocycles. The highest BCUT2D eigenvalue weighted by Gasteiger charge is 2.27. The molecule has 0 bridgehead atoms. The van der Waals surface area contributed by atoms with Gasteiger partial charge in [-0.3, -0.25) is 9.20 Å².